The van der Waals surface area contributed by atoms with Crippen molar-refractivity contribution in [1.82, 2.24) is 5.32 Å². The molecule has 0 aromatic heterocycles. The summed E-state index contributed by atoms with van der Waals surface area (Å²) in [6, 6.07) is 0.561. The Bertz CT molecular complexity index is 295. The van der Waals surface area contributed by atoms with E-state index in [1.807, 2.05) is 0 Å². The third-order valence-corrected chi connectivity index (χ3v) is 4.83. The van der Waals surface area contributed by atoms with E-state index in [0.29, 0.717) is 18.1 Å². The summed E-state index contributed by atoms with van der Waals surface area (Å²) in [5.41, 5.74) is 0.295. The van der Waals surface area contributed by atoms with Gasteiger partial charge in [-0.25, -0.2) is 0 Å². The Morgan fingerprint density at radius 1 is 1.32 bits per heavy atom. The Morgan fingerprint density at radius 2 is 2.05 bits per heavy atom. The highest BCUT2D eigenvalue weighted by atomic mass is 16.5. The molecule has 1 heterocycles. The highest BCUT2D eigenvalue weighted by molar-refractivity contribution is 5.03. The Labute approximate surface area is 118 Å². The highest BCUT2D eigenvalue weighted by Crippen LogP contribution is 2.43. The number of rotatable bonds is 6. The predicted octanol–water partition coefficient (Wildman–Crippen LogP) is 2.98. The van der Waals surface area contributed by atoms with Crippen LogP contribution in [0.25, 0.3) is 0 Å². The molecule has 0 bridgehead atoms. The minimum absolute atomic E-state index is 0.0555. The topological polar surface area (TPSA) is 30.5 Å². The first-order chi connectivity index (χ1) is 8.83. The summed E-state index contributed by atoms with van der Waals surface area (Å²) < 4.78 is 11.9. The summed E-state index contributed by atoms with van der Waals surface area (Å²) in [6.45, 7) is 14.0. The minimum Gasteiger partial charge on any atom is -0.377 e. The van der Waals surface area contributed by atoms with E-state index in [0.717, 1.165) is 26.2 Å². The standard InChI is InChI=1S/C16H31NO2/c1-12(2)10-18-14-9-13(15(14,3)4)17-11-16(5)7-6-8-19-16/h12-14,17H,6-11H2,1-5H3. The number of hydrogen-bond donors (Lipinski definition) is 1. The van der Waals surface area contributed by atoms with Gasteiger partial charge in [0.25, 0.3) is 0 Å². The van der Waals surface area contributed by atoms with Crippen LogP contribution in [0.15, 0.2) is 0 Å². The van der Waals surface area contributed by atoms with Crippen molar-refractivity contribution in [2.75, 3.05) is 19.8 Å². The zero-order valence-electron chi connectivity index (χ0n) is 13.3. The maximum atomic E-state index is 6.01. The van der Waals surface area contributed by atoms with Gasteiger partial charge in [0.2, 0.25) is 0 Å². The van der Waals surface area contributed by atoms with Crippen LogP contribution in [0.3, 0.4) is 0 Å². The molecule has 3 heteroatoms. The number of ether oxygens (including phenoxy) is 2. The van der Waals surface area contributed by atoms with Crippen molar-refractivity contribution in [1.29, 1.82) is 0 Å². The van der Waals surface area contributed by atoms with Crippen LogP contribution >= 0.6 is 0 Å². The first kappa shape index (κ1) is 15.3. The maximum Gasteiger partial charge on any atom is 0.0779 e. The molecular formula is C16H31NO2. The van der Waals surface area contributed by atoms with Crippen LogP contribution in [-0.4, -0.2) is 37.5 Å². The van der Waals surface area contributed by atoms with Gasteiger partial charge in [-0.2, -0.15) is 0 Å². The second kappa shape index (κ2) is 5.71. The van der Waals surface area contributed by atoms with Gasteiger partial charge >= 0.3 is 0 Å². The van der Waals surface area contributed by atoms with Gasteiger partial charge in [-0.3, -0.25) is 0 Å². The molecule has 2 fully saturated rings. The molecule has 1 saturated heterocycles. The van der Waals surface area contributed by atoms with Gasteiger partial charge in [0.1, 0.15) is 0 Å². The predicted molar refractivity (Wildman–Crippen MR) is 78.4 cm³/mol. The molecule has 1 aliphatic carbocycles. The van der Waals surface area contributed by atoms with Gasteiger partial charge in [-0.05, 0) is 32.1 Å². The van der Waals surface area contributed by atoms with E-state index in [1.165, 1.54) is 12.8 Å². The lowest BCUT2D eigenvalue weighted by Gasteiger charge is -2.52. The van der Waals surface area contributed by atoms with Gasteiger partial charge in [-0.15, -0.1) is 0 Å². The van der Waals surface area contributed by atoms with Crippen LogP contribution in [0.1, 0.15) is 53.9 Å². The molecule has 1 N–H and O–H groups in total. The molecular weight excluding hydrogens is 238 g/mol. The lowest BCUT2D eigenvalue weighted by Crippen LogP contribution is -2.62. The van der Waals surface area contributed by atoms with E-state index < -0.39 is 0 Å². The van der Waals surface area contributed by atoms with Crippen LogP contribution in [0.2, 0.25) is 0 Å². The lowest BCUT2D eigenvalue weighted by molar-refractivity contribution is -0.127. The molecule has 19 heavy (non-hydrogen) atoms. The van der Waals surface area contributed by atoms with Gasteiger partial charge in [-0.1, -0.05) is 27.7 Å². The Hall–Kier alpha value is -0.120. The molecule has 0 aromatic carbocycles. The molecule has 1 aliphatic heterocycles. The summed E-state index contributed by atoms with van der Waals surface area (Å²) >= 11 is 0. The van der Waals surface area contributed by atoms with Crippen LogP contribution in [-0.2, 0) is 9.47 Å². The van der Waals surface area contributed by atoms with Crippen molar-refractivity contribution < 1.29 is 9.47 Å². The fourth-order valence-corrected chi connectivity index (χ4v) is 3.14. The summed E-state index contributed by atoms with van der Waals surface area (Å²) in [7, 11) is 0. The SMILES string of the molecule is CC(C)COC1CC(NCC2(C)CCCO2)C1(C)C. The van der Waals surface area contributed by atoms with Gasteiger partial charge in [0.15, 0.2) is 0 Å². The molecule has 0 aromatic rings. The fourth-order valence-electron chi connectivity index (χ4n) is 3.14. The lowest BCUT2D eigenvalue weighted by atomic mass is 9.64. The van der Waals surface area contributed by atoms with Crippen LogP contribution in [0.5, 0.6) is 0 Å². The quantitative estimate of drug-likeness (QED) is 0.804. The molecule has 0 spiro atoms. The Kier molecular flexibility index (Phi) is 4.59. The molecule has 1 saturated carbocycles. The Balaban J connectivity index is 1.74. The van der Waals surface area contributed by atoms with E-state index in [2.05, 4.69) is 39.9 Å². The van der Waals surface area contributed by atoms with Crippen molar-refractivity contribution in [3.05, 3.63) is 0 Å². The summed E-state index contributed by atoms with van der Waals surface area (Å²) in [6.07, 6.45) is 3.92. The van der Waals surface area contributed by atoms with Crippen molar-refractivity contribution in [2.24, 2.45) is 11.3 Å². The third-order valence-electron chi connectivity index (χ3n) is 4.83. The van der Waals surface area contributed by atoms with E-state index in [1.54, 1.807) is 0 Å². The van der Waals surface area contributed by atoms with Gasteiger partial charge in [0.05, 0.1) is 11.7 Å². The zero-order valence-corrected chi connectivity index (χ0v) is 13.3. The van der Waals surface area contributed by atoms with Crippen LogP contribution in [0.4, 0.5) is 0 Å². The largest absolute Gasteiger partial charge is 0.377 e. The summed E-state index contributed by atoms with van der Waals surface area (Å²) in [5.74, 6) is 0.619. The molecule has 2 aliphatic rings. The van der Waals surface area contributed by atoms with E-state index in [9.17, 15) is 0 Å². The molecule has 0 radical (unpaired) electrons. The zero-order chi connectivity index (χ0) is 14.1. The summed E-state index contributed by atoms with van der Waals surface area (Å²) in [4.78, 5) is 0. The number of hydrogen-bond acceptors (Lipinski definition) is 3. The van der Waals surface area contributed by atoms with Gasteiger partial charge < -0.3 is 14.8 Å². The number of nitrogens with one attached hydrogen (secondary N) is 1. The highest BCUT2D eigenvalue weighted by Gasteiger charge is 2.49. The smallest absolute Gasteiger partial charge is 0.0779 e. The molecule has 3 unspecified atom stereocenters. The van der Waals surface area contributed by atoms with Crippen molar-refractivity contribution >= 4 is 0 Å². The second-order valence-electron chi connectivity index (χ2n) is 7.61. The monoisotopic (exact) mass is 269 g/mol. The fraction of sp³-hybridized carbons (Fsp3) is 1.00. The molecule has 3 nitrogen and oxygen atoms in total. The average Bonchev–Trinajstić information content (AvgIpc) is 2.74. The van der Waals surface area contributed by atoms with Crippen LogP contribution in [0, 0.1) is 11.3 Å². The first-order valence-corrected chi connectivity index (χ1v) is 7.82. The normalized spacial score (nSPS) is 37.6. The minimum atomic E-state index is 0.0555. The third kappa shape index (κ3) is 3.50. The van der Waals surface area contributed by atoms with E-state index in [4.69, 9.17) is 9.47 Å². The average molecular weight is 269 g/mol. The van der Waals surface area contributed by atoms with Crippen molar-refractivity contribution in [2.45, 2.75) is 71.6 Å². The van der Waals surface area contributed by atoms with Gasteiger partial charge in [0, 0.05) is 31.2 Å². The molecule has 3 atom stereocenters. The van der Waals surface area contributed by atoms with Crippen molar-refractivity contribution in [3.63, 3.8) is 0 Å². The van der Waals surface area contributed by atoms with E-state index >= 15 is 0 Å². The Morgan fingerprint density at radius 3 is 2.58 bits per heavy atom. The molecule has 2 rings (SSSR count). The van der Waals surface area contributed by atoms with Crippen LogP contribution < -0.4 is 5.32 Å². The van der Waals surface area contributed by atoms with Crippen molar-refractivity contribution in [3.8, 4) is 0 Å². The second-order valence-corrected chi connectivity index (χ2v) is 7.61. The molecule has 112 valence electrons. The summed E-state index contributed by atoms with van der Waals surface area (Å²) in [5, 5.41) is 3.70. The first-order valence-electron chi connectivity index (χ1n) is 7.82. The van der Waals surface area contributed by atoms with E-state index in [-0.39, 0.29) is 11.0 Å². The maximum absolute atomic E-state index is 6.01. The molecule has 0 amide bonds.